The van der Waals surface area contributed by atoms with Crippen LogP contribution < -0.4 is 10.6 Å². The zero-order chi connectivity index (χ0) is 15.9. The van der Waals surface area contributed by atoms with Gasteiger partial charge in [-0.1, -0.05) is 37.3 Å². The van der Waals surface area contributed by atoms with Crippen LogP contribution in [-0.4, -0.2) is 48.0 Å². The van der Waals surface area contributed by atoms with Crippen molar-refractivity contribution in [2.24, 2.45) is 0 Å². The molecule has 0 aliphatic carbocycles. The fourth-order valence-corrected chi connectivity index (χ4v) is 3.84. The molecule has 5 nitrogen and oxygen atoms in total. The van der Waals surface area contributed by atoms with Gasteiger partial charge in [-0.15, -0.1) is 0 Å². The van der Waals surface area contributed by atoms with Crippen molar-refractivity contribution in [2.45, 2.75) is 24.6 Å². The number of hydrogen-bond acceptors (Lipinski definition) is 4. The second-order valence-corrected chi connectivity index (χ2v) is 6.69. The molecule has 2 rings (SSSR count). The predicted molar refractivity (Wildman–Crippen MR) is 89.9 cm³/mol. The molecule has 1 aliphatic rings. The van der Waals surface area contributed by atoms with Gasteiger partial charge in [-0.2, -0.15) is 11.8 Å². The van der Waals surface area contributed by atoms with E-state index < -0.39 is 12.1 Å². The summed E-state index contributed by atoms with van der Waals surface area (Å²) in [5.41, 5.74) is 0.922. The lowest BCUT2D eigenvalue weighted by Gasteiger charge is -2.37. The zero-order valence-corrected chi connectivity index (χ0v) is 13.9. The van der Waals surface area contributed by atoms with E-state index in [1.165, 1.54) is 7.05 Å². The largest absolute Gasteiger partial charge is 0.341 e. The summed E-state index contributed by atoms with van der Waals surface area (Å²) in [6.45, 7) is 3.88. The van der Waals surface area contributed by atoms with Gasteiger partial charge in [-0.05, 0) is 12.0 Å². The first-order valence-electron chi connectivity index (χ1n) is 7.58. The number of rotatable bonds is 4. The maximum Gasteiger partial charge on any atom is 0.321 e. The molecule has 0 spiro atoms. The average Bonchev–Trinajstić information content (AvgIpc) is 2.56. The number of carbonyl (C=O) groups excluding carboxylic acids is 2. The molecule has 1 fully saturated rings. The first kappa shape index (κ1) is 16.8. The first-order valence-corrected chi connectivity index (χ1v) is 8.63. The minimum Gasteiger partial charge on any atom is -0.341 e. The first-order chi connectivity index (χ1) is 10.7. The quantitative estimate of drug-likeness (QED) is 0.890. The van der Waals surface area contributed by atoms with E-state index in [0.29, 0.717) is 5.25 Å². The monoisotopic (exact) mass is 321 g/mol. The molecular weight excluding hydrogens is 298 g/mol. The molecule has 1 heterocycles. The van der Waals surface area contributed by atoms with Crippen LogP contribution in [0.15, 0.2) is 30.3 Å². The van der Waals surface area contributed by atoms with Gasteiger partial charge in [-0.25, -0.2) is 4.79 Å². The van der Waals surface area contributed by atoms with Crippen molar-refractivity contribution in [2.75, 3.05) is 25.9 Å². The number of amides is 3. The zero-order valence-electron chi connectivity index (χ0n) is 13.0. The fraction of sp³-hybridized carbons (Fsp3) is 0.500. The number of urea groups is 1. The van der Waals surface area contributed by atoms with E-state index in [4.69, 9.17) is 0 Å². The van der Waals surface area contributed by atoms with Crippen LogP contribution in [0.5, 0.6) is 0 Å². The van der Waals surface area contributed by atoms with Gasteiger partial charge in [0.25, 0.3) is 0 Å². The summed E-state index contributed by atoms with van der Waals surface area (Å²) in [5.74, 6) is 0.738. The number of nitrogens with zero attached hydrogens (tertiary/aromatic N) is 1. The van der Waals surface area contributed by atoms with Gasteiger partial charge in [0.15, 0.2) is 0 Å². The van der Waals surface area contributed by atoms with Gasteiger partial charge >= 0.3 is 6.03 Å². The van der Waals surface area contributed by atoms with Crippen molar-refractivity contribution in [3.63, 3.8) is 0 Å². The molecule has 0 radical (unpaired) electrons. The normalized spacial score (nSPS) is 20.2. The summed E-state index contributed by atoms with van der Waals surface area (Å²) in [6, 6.07) is 8.76. The van der Waals surface area contributed by atoms with Gasteiger partial charge in [0.05, 0.1) is 0 Å². The third-order valence-electron chi connectivity index (χ3n) is 3.82. The summed E-state index contributed by atoms with van der Waals surface area (Å²) in [5, 5.41) is 5.39. The highest BCUT2D eigenvalue weighted by Crippen LogP contribution is 2.28. The maximum absolute atomic E-state index is 12.6. The number of benzene rings is 1. The third kappa shape index (κ3) is 4.24. The molecule has 1 aromatic rings. The standard InChI is InChI=1S/C16H23N3O2S/c1-3-13-11-19(9-10-22-13)14(12-7-5-4-6-8-12)15(20)18-16(21)17-2/h4-8,13-14H,3,9-11H2,1-2H3,(H2,17,18,20,21)/t13-,14-/m1/s1. The number of thioether (sulfide) groups is 1. The van der Waals surface area contributed by atoms with E-state index in [2.05, 4.69) is 22.5 Å². The van der Waals surface area contributed by atoms with Gasteiger partial charge < -0.3 is 5.32 Å². The van der Waals surface area contributed by atoms with Crippen LogP contribution in [0.2, 0.25) is 0 Å². The lowest BCUT2D eigenvalue weighted by atomic mass is 10.0. The van der Waals surface area contributed by atoms with Crippen molar-refractivity contribution in [1.82, 2.24) is 15.5 Å². The Morgan fingerprint density at radius 1 is 1.36 bits per heavy atom. The molecule has 0 aromatic heterocycles. The minimum atomic E-state index is -0.468. The van der Waals surface area contributed by atoms with Crippen molar-refractivity contribution in [3.8, 4) is 0 Å². The molecule has 1 saturated heterocycles. The van der Waals surface area contributed by atoms with Crippen molar-refractivity contribution in [1.29, 1.82) is 0 Å². The van der Waals surface area contributed by atoms with Crippen LogP contribution >= 0.6 is 11.8 Å². The summed E-state index contributed by atoms with van der Waals surface area (Å²) < 4.78 is 0. The topological polar surface area (TPSA) is 61.4 Å². The molecule has 2 N–H and O–H groups in total. The maximum atomic E-state index is 12.6. The Morgan fingerprint density at radius 3 is 2.73 bits per heavy atom. The highest BCUT2D eigenvalue weighted by atomic mass is 32.2. The van der Waals surface area contributed by atoms with E-state index in [-0.39, 0.29) is 5.91 Å². The van der Waals surface area contributed by atoms with E-state index in [1.807, 2.05) is 42.1 Å². The summed E-state index contributed by atoms with van der Waals surface area (Å²) >= 11 is 1.96. The van der Waals surface area contributed by atoms with Crippen molar-refractivity contribution < 1.29 is 9.59 Å². The molecule has 120 valence electrons. The summed E-state index contributed by atoms with van der Waals surface area (Å²) in [6.07, 6.45) is 1.08. The second-order valence-electron chi connectivity index (χ2n) is 5.28. The van der Waals surface area contributed by atoms with Crippen LogP contribution in [0.25, 0.3) is 0 Å². The van der Waals surface area contributed by atoms with Crippen molar-refractivity contribution in [3.05, 3.63) is 35.9 Å². The molecule has 0 saturated carbocycles. The number of nitrogens with one attached hydrogen (secondary N) is 2. The molecule has 0 unspecified atom stereocenters. The molecule has 6 heteroatoms. The Balaban J connectivity index is 2.21. The van der Waals surface area contributed by atoms with E-state index >= 15 is 0 Å². The molecule has 1 aliphatic heterocycles. The number of imide groups is 1. The van der Waals surface area contributed by atoms with E-state index in [0.717, 1.165) is 30.8 Å². The Labute approximate surface area is 135 Å². The van der Waals surface area contributed by atoms with Crippen LogP contribution in [0, 0.1) is 0 Å². The SMILES string of the molecule is CC[C@@H]1CN([C@@H](C(=O)NC(=O)NC)c2ccccc2)CCS1. The van der Waals surface area contributed by atoms with Crippen LogP contribution in [0.3, 0.4) is 0 Å². The Bertz CT molecular complexity index is 509. The second kappa shape index (κ2) is 8.19. The highest BCUT2D eigenvalue weighted by Gasteiger charge is 2.32. The highest BCUT2D eigenvalue weighted by molar-refractivity contribution is 8.00. The third-order valence-corrected chi connectivity index (χ3v) is 5.19. The predicted octanol–water partition coefficient (Wildman–Crippen LogP) is 2.01. The van der Waals surface area contributed by atoms with Gasteiger partial charge in [0.1, 0.15) is 6.04 Å². The number of hydrogen-bond donors (Lipinski definition) is 2. The van der Waals surface area contributed by atoms with E-state index in [9.17, 15) is 9.59 Å². The average molecular weight is 321 g/mol. The Morgan fingerprint density at radius 2 is 2.09 bits per heavy atom. The molecule has 0 bridgehead atoms. The van der Waals surface area contributed by atoms with Crippen LogP contribution in [0.1, 0.15) is 24.9 Å². The lowest BCUT2D eigenvalue weighted by Crippen LogP contribution is -2.49. The molecule has 2 atom stereocenters. The van der Waals surface area contributed by atoms with Gasteiger partial charge in [0.2, 0.25) is 5.91 Å². The van der Waals surface area contributed by atoms with Crippen molar-refractivity contribution >= 4 is 23.7 Å². The van der Waals surface area contributed by atoms with Gasteiger partial charge in [0, 0.05) is 31.1 Å². The molecule has 22 heavy (non-hydrogen) atoms. The fourth-order valence-electron chi connectivity index (χ4n) is 2.63. The van der Waals surface area contributed by atoms with Crippen LogP contribution in [0.4, 0.5) is 4.79 Å². The molecule has 1 aromatic carbocycles. The van der Waals surface area contributed by atoms with E-state index in [1.54, 1.807) is 0 Å². The summed E-state index contributed by atoms with van der Waals surface area (Å²) in [7, 11) is 1.50. The Kier molecular flexibility index (Phi) is 6.27. The molecule has 3 amide bonds. The lowest BCUT2D eigenvalue weighted by molar-refractivity contribution is -0.125. The summed E-state index contributed by atoms with van der Waals surface area (Å²) in [4.78, 5) is 26.3. The smallest absolute Gasteiger partial charge is 0.321 e. The van der Waals surface area contributed by atoms with Gasteiger partial charge in [-0.3, -0.25) is 15.0 Å². The molecular formula is C16H23N3O2S. The number of carbonyl (C=O) groups is 2. The van der Waals surface area contributed by atoms with Crippen LogP contribution in [-0.2, 0) is 4.79 Å². The minimum absolute atomic E-state index is 0.271. The Hall–Kier alpha value is -1.53.